The monoisotopic (exact) mass is 278 g/mol. The van der Waals surface area contributed by atoms with Crippen LogP contribution in [-0.2, 0) is 6.54 Å². The summed E-state index contributed by atoms with van der Waals surface area (Å²) in [6.07, 6.45) is 3.88. The standard InChI is InChI=1S/C17H30N2O/c1-5-6-9-12-18-13-15(2)19(3)14-16-10-7-8-11-17(16)20-4/h7-8,10-11,15,18H,5-6,9,12-14H2,1-4H3. The predicted molar refractivity (Wildman–Crippen MR) is 86.3 cm³/mol. The molecule has 0 spiro atoms. The lowest BCUT2D eigenvalue weighted by molar-refractivity contribution is 0.239. The summed E-state index contributed by atoms with van der Waals surface area (Å²) in [5, 5.41) is 3.54. The smallest absolute Gasteiger partial charge is 0.123 e. The minimum Gasteiger partial charge on any atom is -0.496 e. The number of unbranched alkanes of at least 4 members (excludes halogenated alkanes) is 2. The molecule has 0 aliphatic rings. The zero-order valence-corrected chi connectivity index (χ0v) is 13.5. The van der Waals surface area contributed by atoms with Crippen molar-refractivity contribution in [3.8, 4) is 5.75 Å². The van der Waals surface area contributed by atoms with Crippen LogP contribution in [0.15, 0.2) is 24.3 Å². The fourth-order valence-corrected chi connectivity index (χ4v) is 2.22. The summed E-state index contributed by atoms with van der Waals surface area (Å²) in [6, 6.07) is 8.76. The predicted octanol–water partition coefficient (Wildman–Crippen LogP) is 3.30. The number of hydrogen-bond donors (Lipinski definition) is 1. The van der Waals surface area contributed by atoms with Crippen molar-refractivity contribution >= 4 is 0 Å². The zero-order chi connectivity index (χ0) is 14.8. The summed E-state index contributed by atoms with van der Waals surface area (Å²) in [5.41, 5.74) is 1.25. The van der Waals surface area contributed by atoms with Gasteiger partial charge in [-0.1, -0.05) is 38.0 Å². The molecule has 0 heterocycles. The molecule has 1 unspecified atom stereocenters. The maximum Gasteiger partial charge on any atom is 0.123 e. The van der Waals surface area contributed by atoms with Gasteiger partial charge in [-0.2, -0.15) is 0 Å². The van der Waals surface area contributed by atoms with Crippen molar-refractivity contribution < 1.29 is 4.74 Å². The summed E-state index contributed by atoms with van der Waals surface area (Å²) in [7, 11) is 3.91. The highest BCUT2D eigenvalue weighted by Crippen LogP contribution is 2.19. The Morgan fingerprint density at radius 2 is 2.00 bits per heavy atom. The third kappa shape index (κ3) is 5.93. The first-order valence-electron chi connectivity index (χ1n) is 7.71. The molecule has 0 aliphatic heterocycles. The van der Waals surface area contributed by atoms with Crippen molar-refractivity contribution in [1.82, 2.24) is 10.2 Å². The Kier molecular flexibility index (Phi) is 8.31. The van der Waals surface area contributed by atoms with Crippen LogP contribution in [0.1, 0.15) is 38.7 Å². The van der Waals surface area contributed by atoms with Crippen molar-refractivity contribution in [2.45, 2.75) is 45.7 Å². The van der Waals surface area contributed by atoms with E-state index in [1.807, 2.05) is 12.1 Å². The Bertz CT molecular complexity index is 368. The van der Waals surface area contributed by atoms with E-state index in [-0.39, 0.29) is 0 Å². The first kappa shape index (κ1) is 17.0. The highest BCUT2D eigenvalue weighted by molar-refractivity contribution is 5.33. The average molecular weight is 278 g/mol. The van der Waals surface area contributed by atoms with Crippen molar-refractivity contribution in [2.24, 2.45) is 0 Å². The lowest BCUT2D eigenvalue weighted by atomic mass is 10.1. The van der Waals surface area contributed by atoms with Crippen molar-refractivity contribution in [1.29, 1.82) is 0 Å². The van der Waals surface area contributed by atoms with Crippen LogP contribution in [0, 0.1) is 0 Å². The minimum absolute atomic E-state index is 0.515. The minimum atomic E-state index is 0.515. The number of rotatable bonds is 10. The summed E-state index contributed by atoms with van der Waals surface area (Å²) in [6.45, 7) is 7.59. The maximum atomic E-state index is 5.41. The van der Waals surface area contributed by atoms with E-state index in [4.69, 9.17) is 4.74 Å². The van der Waals surface area contributed by atoms with Crippen LogP contribution in [0.25, 0.3) is 0 Å². The maximum absolute atomic E-state index is 5.41. The second kappa shape index (κ2) is 9.78. The number of hydrogen-bond acceptors (Lipinski definition) is 3. The van der Waals surface area contributed by atoms with Gasteiger partial charge in [-0.25, -0.2) is 0 Å². The van der Waals surface area contributed by atoms with Gasteiger partial charge in [0.05, 0.1) is 7.11 Å². The second-order valence-corrected chi connectivity index (χ2v) is 5.49. The molecule has 0 bridgehead atoms. The molecule has 0 radical (unpaired) electrons. The Hall–Kier alpha value is -1.06. The fourth-order valence-electron chi connectivity index (χ4n) is 2.22. The van der Waals surface area contributed by atoms with Gasteiger partial charge in [0.25, 0.3) is 0 Å². The van der Waals surface area contributed by atoms with E-state index < -0.39 is 0 Å². The van der Waals surface area contributed by atoms with E-state index in [1.165, 1.54) is 24.8 Å². The lowest BCUT2D eigenvalue weighted by Crippen LogP contribution is -2.37. The van der Waals surface area contributed by atoms with Crippen LogP contribution in [0.3, 0.4) is 0 Å². The number of nitrogens with one attached hydrogen (secondary N) is 1. The molecule has 0 fully saturated rings. The molecule has 0 saturated heterocycles. The van der Waals surface area contributed by atoms with E-state index in [1.54, 1.807) is 7.11 Å². The summed E-state index contributed by atoms with van der Waals surface area (Å²) in [5.74, 6) is 0.974. The van der Waals surface area contributed by atoms with Crippen LogP contribution in [0.4, 0.5) is 0 Å². The van der Waals surface area contributed by atoms with Crippen molar-refractivity contribution in [3.05, 3.63) is 29.8 Å². The fraction of sp³-hybridized carbons (Fsp3) is 0.647. The van der Waals surface area contributed by atoms with Gasteiger partial charge < -0.3 is 10.1 Å². The molecule has 1 rings (SSSR count). The lowest BCUT2D eigenvalue weighted by Gasteiger charge is -2.25. The molecule has 0 aliphatic carbocycles. The first-order chi connectivity index (χ1) is 9.69. The summed E-state index contributed by atoms with van der Waals surface area (Å²) in [4.78, 5) is 2.37. The molecule has 0 aromatic heterocycles. The molecule has 1 aromatic rings. The number of ether oxygens (including phenoxy) is 1. The van der Waals surface area contributed by atoms with Gasteiger partial charge in [-0.15, -0.1) is 0 Å². The highest BCUT2D eigenvalue weighted by Gasteiger charge is 2.11. The van der Waals surface area contributed by atoms with Gasteiger partial charge >= 0.3 is 0 Å². The normalized spacial score (nSPS) is 12.7. The van der Waals surface area contributed by atoms with E-state index in [0.717, 1.165) is 25.4 Å². The Morgan fingerprint density at radius 1 is 1.25 bits per heavy atom. The zero-order valence-electron chi connectivity index (χ0n) is 13.5. The molecule has 1 aromatic carbocycles. The second-order valence-electron chi connectivity index (χ2n) is 5.49. The van der Waals surface area contributed by atoms with Crippen LogP contribution in [-0.4, -0.2) is 38.2 Å². The Balaban J connectivity index is 2.35. The van der Waals surface area contributed by atoms with Crippen LogP contribution < -0.4 is 10.1 Å². The van der Waals surface area contributed by atoms with Gasteiger partial charge in [0.15, 0.2) is 0 Å². The van der Waals surface area contributed by atoms with Gasteiger partial charge in [0.2, 0.25) is 0 Å². The molecule has 1 atom stereocenters. The summed E-state index contributed by atoms with van der Waals surface area (Å²) >= 11 is 0. The topological polar surface area (TPSA) is 24.5 Å². The quantitative estimate of drug-likeness (QED) is 0.665. The molecule has 1 N–H and O–H groups in total. The molecule has 114 valence electrons. The largest absolute Gasteiger partial charge is 0.496 e. The Labute approximate surface area is 124 Å². The van der Waals surface area contributed by atoms with E-state index >= 15 is 0 Å². The highest BCUT2D eigenvalue weighted by atomic mass is 16.5. The first-order valence-corrected chi connectivity index (χ1v) is 7.71. The van der Waals surface area contributed by atoms with Gasteiger partial charge in [-0.3, -0.25) is 4.90 Å². The molecular weight excluding hydrogens is 248 g/mol. The molecule has 0 amide bonds. The molecule has 0 saturated carbocycles. The van der Waals surface area contributed by atoms with Crippen molar-refractivity contribution in [3.63, 3.8) is 0 Å². The third-order valence-electron chi connectivity index (χ3n) is 3.76. The van der Waals surface area contributed by atoms with Crippen LogP contribution in [0.5, 0.6) is 5.75 Å². The van der Waals surface area contributed by atoms with Crippen molar-refractivity contribution in [2.75, 3.05) is 27.2 Å². The Morgan fingerprint density at radius 3 is 2.70 bits per heavy atom. The number of para-hydroxylation sites is 1. The number of likely N-dealkylation sites (N-methyl/N-ethyl adjacent to an activating group) is 1. The number of benzene rings is 1. The SMILES string of the molecule is CCCCCNCC(C)N(C)Cc1ccccc1OC. The van der Waals surface area contributed by atoms with Gasteiger partial charge in [0, 0.05) is 24.7 Å². The van der Waals surface area contributed by atoms with Gasteiger partial charge in [0.1, 0.15) is 5.75 Å². The number of nitrogens with zero attached hydrogens (tertiary/aromatic N) is 1. The van der Waals surface area contributed by atoms with E-state index in [0.29, 0.717) is 6.04 Å². The van der Waals surface area contributed by atoms with E-state index in [9.17, 15) is 0 Å². The molecular formula is C17H30N2O. The average Bonchev–Trinajstić information content (AvgIpc) is 2.47. The molecule has 3 heteroatoms. The van der Waals surface area contributed by atoms with Gasteiger partial charge in [-0.05, 0) is 33.0 Å². The van der Waals surface area contributed by atoms with Crippen LogP contribution >= 0.6 is 0 Å². The number of methoxy groups -OCH3 is 1. The third-order valence-corrected chi connectivity index (χ3v) is 3.76. The molecule has 3 nitrogen and oxygen atoms in total. The van der Waals surface area contributed by atoms with E-state index in [2.05, 4.69) is 43.2 Å². The summed E-state index contributed by atoms with van der Waals surface area (Å²) < 4.78 is 5.41. The van der Waals surface area contributed by atoms with Crippen LogP contribution in [0.2, 0.25) is 0 Å². The molecule has 20 heavy (non-hydrogen) atoms.